The van der Waals surface area contributed by atoms with Gasteiger partial charge in [-0.2, -0.15) is 5.26 Å². The molecule has 0 spiro atoms. The second kappa shape index (κ2) is 10.7. The Balaban J connectivity index is 2.23. The van der Waals surface area contributed by atoms with Gasteiger partial charge >= 0.3 is 5.97 Å². The van der Waals surface area contributed by atoms with Gasteiger partial charge in [0.25, 0.3) is 0 Å². The van der Waals surface area contributed by atoms with Gasteiger partial charge in [0.15, 0.2) is 0 Å². The van der Waals surface area contributed by atoms with Crippen molar-refractivity contribution >= 4 is 17.8 Å². The summed E-state index contributed by atoms with van der Waals surface area (Å²) in [6.07, 6.45) is -0.0740. The molecule has 0 aliphatic carbocycles. The molecular weight excluding hydrogens is 389 g/mol. The first-order valence-corrected chi connectivity index (χ1v) is 9.22. The van der Waals surface area contributed by atoms with Crippen molar-refractivity contribution < 1.29 is 23.5 Å². The molecule has 2 amide bonds. The Morgan fingerprint density at radius 2 is 1.60 bits per heavy atom. The van der Waals surface area contributed by atoms with Gasteiger partial charge in [0.05, 0.1) is 18.7 Å². The number of ether oxygens (including phenoxy) is 1. The largest absolute Gasteiger partial charge is 0.467 e. The van der Waals surface area contributed by atoms with E-state index in [-0.39, 0.29) is 18.4 Å². The van der Waals surface area contributed by atoms with Gasteiger partial charge in [-0.15, -0.1) is 0 Å². The van der Waals surface area contributed by atoms with Crippen LogP contribution in [0, 0.1) is 17.1 Å². The van der Waals surface area contributed by atoms with Gasteiger partial charge in [-0.1, -0.05) is 36.4 Å². The van der Waals surface area contributed by atoms with Gasteiger partial charge in [0, 0.05) is 19.8 Å². The number of amides is 2. The molecule has 8 heteroatoms. The van der Waals surface area contributed by atoms with E-state index in [1.54, 1.807) is 30.3 Å². The third-order valence-electron chi connectivity index (χ3n) is 4.44. The molecule has 30 heavy (non-hydrogen) atoms. The van der Waals surface area contributed by atoms with Gasteiger partial charge in [0.2, 0.25) is 11.8 Å². The van der Waals surface area contributed by atoms with Crippen molar-refractivity contribution in [3.63, 3.8) is 0 Å². The summed E-state index contributed by atoms with van der Waals surface area (Å²) in [5, 5.41) is 14.3. The Morgan fingerprint density at radius 1 is 1.00 bits per heavy atom. The fraction of sp³-hybridized carbons (Fsp3) is 0.273. The molecule has 156 valence electrons. The Bertz CT molecular complexity index is 971. The average Bonchev–Trinajstić information content (AvgIpc) is 2.73. The lowest BCUT2D eigenvalue weighted by atomic mass is 9.99. The number of rotatable bonds is 8. The second-order valence-corrected chi connectivity index (χ2v) is 6.61. The highest BCUT2D eigenvalue weighted by molar-refractivity contribution is 5.90. The number of hydrogen-bond acceptors (Lipinski definition) is 5. The number of benzene rings is 2. The van der Waals surface area contributed by atoms with Gasteiger partial charge in [-0.05, 0) is 23.3 Å². The van der Waals surface area contributed by atoms with Gasteiger partial charge < -0.3 is 15.4 Å². The molecule has 0 aromatic heterocycles. The molecule has 2 N–H and O–H groups in total. The molecular formula is C22H22FN3O4. The van der Waals surface area contributed by atoms with Gasteiger partial charge in [0.1, 0.15) is 17.9 Å². The third kappa shape index (κ3) is 6.14. The molecule has 0 aliphatic rings. The van der Waals surface area contributed by atoms with Crippen molar-refractivity contribution in [2.45, 2.75) is 31.8 Å². The summed E-state index contributed by atoms with van der Waals surface area (Å²) in [5.41, 5.74) is 1.17. The van der Waals surface area contributed by atoms with Crippen LogP contribution in [0.1, 0.15) is 23.6 Å². The molecule has 0 radical (unpaired) electrons. The van der Waals surface area contributed by atoms with Crippen LogP contribution in [0.5, 0.6) is 0 Å². The highest BCUT2D eigenvalue weighted by Crippen LogP contribution is 2.13. The van der Waals surface area contributed by atoms with Gasteiger partial charge in [-0.3, -0.25) is 9.59 Å². The van der Waals surface area contributed by atoms with Crippen LogP contribution < -0.4 is 10.6 Å². The Hall–Kier alpha value is -3.73. The first-order chi connectivity index (χ1) is 14.3. The zero-order valence-corrected chi connectivity index (χ0v) is 16.6. The van der Waals surface area contributed by atoms with E-state index in [4.69, 9.17) is 4.74 Å². The minimum Gasteiger partial charge on any atom is -0.467 e. The van der Waals surface area contributed by atoms with Crippen molar-refractivity contribution in [1.82, 2.24) is 10.6 Å². The highest BCUT2D eigenvalue weighted by Gasteiger charge is 2.28. The van der Waals surface area contributed by atoms with Crippen LogP contribution in [-0.4, -0.2) is 37.0 Å². The SMILES string of the molecule is COC(=O)[C@H](Cc1ccccc1C#N)NC(=O)[C@@H](Cc1ccccc1F)NC(C)=O. The van der Waals surface area contributed by atoms with Crippen LogP contribution >= 0.6 is 0 Å². The van der Waals surface area contributed by atoms with Crippen LogP contribution in [0.25, 0.3) is 0 Å². The van der Waals surface area contributed by atoms with Crippen LogP contribution in [-0.2, 0) is 32.0 Å². The lowest BCUT2D eigenvalue weighted by molar-refractivity contribution is -0.145. The van der Waals surface area contributed by atoms with Crippen LogP contribution in [0.3, 0.4) is 0 Å². The van der Waals surface area contributed by atoms with Crippen LogP contribution in [0.4, 0.5) is 4.39 Å². The molecule has 0 unspecified atom stereocenters. The van der Waals surface area contributed by atoms with Crippen molar-refractivity contribution in [3.05, 3.63) is 71.0 Å². The molecule has 2 atom stereocenters. The van der Waals surface area contributed by atoms with E-state index in [9.17, 15) is 24.0 Å². The zero-order valence-electron chi connectivity index (χ0n) is 16.6. The maximum Gasteiger partial charge on any atom is 0.328 e. The van der Waals surface area contributed by atoms with E-state index in [1.807, 2.05) is 6.07 Å². The lowest BCUT2D eigenvalue weighted by Crippen LogP contribution is -2.53. The molecule has 0 saturated heterocycles. The van der Waals surface area contributed by atoms with Gasteiger partial charge in [-0.25, -0.2) is 9.18 Å². The topological polar surface area (TPSA) is 108 Å². The molecule has 0 fully saturated rings. The smallest absolute Gasteiger partial charge is 0.328 e. The number of methoxy groups -OCH3 is 1. The Morgan fingerprint density at radius 3 is 2.20 bits per heavy atom. The lowest BCUT2D eigenvalue weighted by Gasteiger charge is -2.22. The molecule has 2 aromatic rings. The quantitative estimate of drug-likeness (QED) is 0.642. The number of nitriles is 1. The minimum absolute atomic E-state index is 0.0225. The van der Waals surface area contributed by atoms with E-state index in [0.29, 0.717) is 11.1 Å². The summed E-state index contributed by atoms with van der Waals surface area (Å²) in [6.45, 7) is 1.24. The molecule has 0 heterocycles. The standard InChI is InChI=1S/C22H22FN3O4/c1-14(27)25-19(12-16-8-5-6-10-18(16)23)21(28)26-20(22(29)30-2)11-15-7-3-4-9-17(15)13-24/h3-10,19-20H,11-12H2,1-2H3,(H,25,27)(H,26,28)/t19-,20+/m1/s1. The fourth-order valence-electron chi connectivity index (χ4n) is 2.97. The average molecular weight is 411 g/mol. The minimum atomic E-state index is -1.10. The number of esters is 1. The normalized spacial score (nSPS) is 12.2. The van der Waals surface area contributed by atoms with Crippen LogP contribution in [0.2, 0.25) is 0 Å². The number of carbonyl (C=O) groups is 3. The Kier molecular flexibility index (Phi) is 8.06. The van der Waals surface area contributed by atoms with Crippen molar-refractivity contribution in [2.75, 3.05) is 7.11 Å². The number of halogens is 1. The van der Waals surface area contributed by atoms with Crippen molar-refractivity contribution in [3.8, 4) is 6.07 Å². The van der Waals surface area contributed by atoms with Crippen molar-refractivity contribution in [1.29, 1.82) is 5.26 Å². The van der Waals surface area contributed by atoms with E-state index in [2.05, 4.69) is 10.6 Å². The summed E-state index contributed by atoms with van der Waals surface area (Å²) in [6, 6.07) is 12.4. The summed E-state index contributed by atoms with van der Waals surface area (Å²) in [5.74, 6) is -2.36. The fourth-order valence-corrected chi connectivity index (χ4v) is 2.97. The van der Waals surface area contributed by atoms with Crippen molar-refractivity contribution in [2.24, 2.45) is 0 Å². The summed E-state index contributed by atoms with van der Waals surface area (Å²) in [4.78, 5) is 36.7. The molecule has 0 aliphatic heterocycles. The monoisotopic (exact) mass is 411 g/mol. The zero-order chi connectivity index (χ0) is 22.1. The third-order valence-corrected chi connectivity index (χ3v) is 4.44. The van der Waals surface area contributed by atoms with E-state index in [0.717, 1.165) is 0 Å². The summed E-state index contributed by atoms with van der Waals surface area (Å²) in [7, 11) is 1.18. The molecule has 7 nitrogen and oxygen atoms in total. The maximum atomic E-state index is 14.0. The Labute approximate surface area is 173 Å². The number of nitrogens with zero attached hydrogens (tertiary/aromatic N) is 1. The first kappa shape index (κ1) is 22.6. The molecule has 0 saturated carbocycles. The summed E-state index contributed by atoms with van der Waals surface area (Å²) >= 11 is 0. The first-order valence-electron chi connectivity index (χ1n) is 9.22. The van der Waals surface area contributed by atoms with E-state index < -0.39 is 35.7 Å². The second-order valence-electron chi connectivity index (χ2n) is 6.61. The number of hydrogen-bond donors (Lipinski definition) is 2. The number of nitrogens with one attached hydrogen (secondary N) is 2. The van der Waals surface area contributed by atoms with Crippen LogP contribution in [0.15, 0.2) is 48.5 Å². The predicted molar refractivity (Wildman–Crippen MR) is 107 cm³/mol. The summed E-state index contributed by atoms with van der Waals surface area (Å²) < 4.78 is 18.8. The molecule has 2 aromatic carbocycles. The molecule has 0 bridgehead atoms. The highest BCUT2D eigenvalue weighted by atomic mass is 19.1. The maximum absolute atomic E-state index is 14.0. The van der Waals surface area contributed by atoms with E-state index >= 15 is 0 Å². The predicted octanol–water partition coefficient (Wildman–Crippen LogP) is 1.65. The number of carbonyl (C=O) groups excluding carboxylic acids is 3. The van der Waals surface area contributed by atoms with E-state index in [1.165, 1.54) is 32.2 Å². The molecule has 2 rings (SSSR count).